The largest absolute Gasteiger partial charge is 0.492 e. The first-order valence-corrected chi connectivity index (χ1v) is 8.87. The van der Waals surface area contributed by atoms with E-state index in [1.165, 1.54) is 16.3 Å². The van der Waals surface area contributed by atoms with Crippen LogP contribution >= 0.6 is 12.4 Å². The van der Waals surface area contributed by atoms with E-state index in [1.807, 2.05) is 18.5 Å². The molecule has 136 valence electrons. The number of aromatic nitrogens is 1. The average molecular weight is 370 g/mol. The molecule has 1 atom stereocenters. The van der Waals surface area contributed by atoms with Crippen LogP contribution < -0.4 is 10.1 Å². The maximum Gasteiger partial charge on any atom is 0.127 e. The molecule has 0 spiro atoms. The van der Waals surface area contributed by atoms with E-state index in [2.05, 4.69) is 63.7 Å². The van der Waals surface area contributed by atoms with E-state index in [0.29, 0.717) is 12.6 Å². The molecule has 2 heterocycles. The lowest BCUT2D eigenvalue weighted by molar-refractivity contribution is 0.134. The van der Waals surface area contributed by atoms with E-state index in [-0.39, 0.29) is 12.4 Å². The Bertz CT molecular complexity index is 822. The Kier molecular flexibility index (Phi) is 6.45. The third-order valence-corrected chi connectivity index (χ3v) is 4.81. The van der Waals surface area contributed by atoms with Gasteiger partial charge in [0.05, 0.1) is 0 Å². The van der Waals surface area contributed by atoms with Crippen LogP contribution in [0.4, 0.5) is 0 Å². The minimum absolute atomic E-state index is 0. The van der Waals surface area contributed by atoms with Crippen LogP contribution in [0.2, 0.25) is 0 Å². The molecule has 1 unspecified atom stereocenters. The normalized spacial score (nSPS) is 17.6. The summed E-state index contributed by atoms with van der Waals surface area (Å²) < 4.78 is 6.13. The molecule has 1 saturated heterocycles. The van der Waals surface area contributed by atoms with Crippen molar-refractivity contribution in [3.8, 4) is 5.75 Å². The van der Waals surface area contributed by atoms with Crippen molar-refractivity contribution in [3.63, 3.8) is 0 Å². The lowest BCUT2D eigenvalue weighted by Gasteiger charge is -2.36. The number of nitrogens with zero attached hydrogens (tertiary/aromatic N) is 2. The zero-order chi connectivity index (χ0) is 16.9. The topological polar surface area (TPSA) is 37.4 Å². The van der Waals surface area contributed by atoms with E-state index < -0.39 is 0 Å². The molecule has 1 aliphatic heterocycles. The molecule has 0 aliphatic carbocycles. The molecule has 3 aromatic rings. The predicted octanol–water partition coefficient (Wildman–Crippen LogP) is 3.68. The van der Waals surface area contributed by atoms with Crippen molar-refractivity contribution in [2.45, 2.75) is 6.04 Å². The first-order valence-electron chi connectivity index (χ1n) is 8.87. The number of nitrogens with one attached hydrogen (secondary N) is 1. The monoisotopic (exact) mass is 369 g/mol. The Morgan fingerprint density at radius 1 is 1.08 bits per heavy atom. The van der Waals surface area contributed by atoms with Gasteiger partial charge < -0.3 is 10.1 Å². The Morgan fingerprint density at radius 2 is 1.96 bits per heavy atom. The zero-order valence-corrected chi connectivity index (χ0v) is 15.5. The minimum atomic E-state index is 0. The standard InChI is InChI=1S/C21H23N3O.ClH/c1-2-8-19-17(5-1)6-3-9-21(19)25-14-13-24-12-11-23-16-20(24)18-7-4-10-22-15-18;/h1-10,15,20,23H,11-14,16H2;1H. The fourth-order valence-corrected chi connectivity index (χ4v) is 3.51. The molecule has 1 aliphatic rings. The number of rotatable bonds is 5. The third kappa shape index (κ3) is 4.15. The smallest absolute Gasteiger partial charge is 0.127 e. The summed E-state index contributed by atoms with van der Waals surface area (Å²) in [5.74, 6) is 0.964. The number of hydrogen-bond acceptors (Lipinski definition) is 4. The van der Waals surface area contributed by atoms with Crippen molar-refractivity contribution in [3.05, 3.63) is 72.6 Å². The summed E-state index contributed by atoms with van der Waals surface area (Å²) in [6.07, 6.45) is 3.80. The van der Waals surface area contributed by atoms with Gasteiger partial charge >= 0.3 is 0 Å². The summed E-state index contributed by atoms with van der Waals surface area (Å²) in [4.78, 5) is 6.76. The fraction of sp³-hybridized carbons (Fsp3) is 0.286. The Balaban J connectivity index is 0.00000196. The number of hydrogen-bond donors (Lipinski definition) is 1. The highest BCUT2D eigenvalue weighted by atomic mass is 35.5. The molecule has 0 amide bonds. The molecule has 1 aromatic heterocycles. The molecule has 0 saturated carbocycles. The van der Waals surface area contributed by atoms with Gasteiger partial charge in [0.15, 0.2) is 0 Å². The first-order chi connectivity index (χ1) is 12.4. The van der Waals surface area contributed by atoms with Crippen LogP contribution in [0.1, 0.15) is 11.6 Å². The van der Waals surface area contributed by atoms with Crippen molar-refractivity contribution in [1.29, 1.82) is 0 Å². The second-order valence-electron chi connectivity index (χ2n) is 6.37. The van der Waals surface area contributed by atoms with Crippen LogP contribution in [0.25, 0.3) is 10.8 Å². The SMILES string of the molecule is Cl.c1cncc(C2CNCCN2CCOc2cccc3ccccc23)c1. The van der Waals surface area contributed by atoms with Crippen molar-refractivity contribution in [1.82, 2.24) is 15.2 Å². The summed E-state index contributed by atoms with van der Waals surface area (Å²) in [6.45, 7) is 4.60. The molecule has 0 bridgehead atoms. The lowest BCUT2D eigenvalue weighted by atomic mass is 10.1. The van der Waals surface area contributed by atoms with Gasteiger partial charge in [-0.25, -0.2) is 0 Å². The molecule has 26 heavy (non-hydrogen) atoms. The van der Waals surface area contributed by atoms with Crippen LogP contribution in [0, 0.1) is 0 Å². The predicted molar refractivity (Wildman–Crippen MR) is 108 cm³/mol. The maximum absolute atomic E-state index is 6.13. The molecule has 2 aromatic carbocycles. The second-order valence-corrected chi connectivity index (χ2v) is 6.37. The van der Waals surface area contributed by atoms with Crippen molar-refractivity contribution in [2.75, 3.05) is 32.8 Å². The highest BCUT2D eigenvalue weighted by Crippen LogP contribution is 2.26. The molecule has 1 fully saturated rings. The van der Waals surface area contributed by atoms with Crippen LogP contribution in [0.15, 0.2) is 67.0 Å². The summed E-state index contributed by atoms with van der Waals surface area (Å²) in [5.41, 5.74) is 1.26. The van der Waals surface area contributed by atoms with Gasteiger partial charge in [-0.3, -0.25) is 9.88 Å². The van der Waals surface area contributed by atoms with Gasteiger partial charge in [0.1, 0.15) is 12.4 Å². The number of halogens is 1. The van der Waals surface area contributed by atoms with Crippen LogP contribution in [-0.2, 0) is 0 Å². The third-order valence-electron chi connectivity index (χ3n) is 4.81. The summed E-state index contributed by atoms with van der Waals surface area (Å²) in [5, 5.41) is 5.88. The van der Waals surface area contributed by atoms with E-state index in [4.69, 9.17) is 4.74 Å². The van der Waals surface area contributed by atoms with Crippen LogP contribution in [0.5, 0.6) is 5.75 Å². The van der Waals surface area contributed by atoms with Crippen molar-refractivity contribution in [2.24, 2.45) is 0 Å². The first kappa shape index (κ1) is 18.6. The summed E-state index contributed by atoms with van der Waals surface area (Å²) in [6, 6.07) is 19.1. The fourth-order valence-electron chi connectivity index (χ4n) is 3.51. The van der Waals surface area contributed by atoms with Gasteiger partial charge in [-0.15, -0.1) is 12.4 Å². The number of ether oxygens (including phenoxy) is 1. The molecule has 0 radical (unpaired) electrons. The summed E-state index contributed by atoms with van der Waals surface area (Å²) in [7, 11) is 0. The van der Waals surface area contributed by atoms with Gasteiger partial charge in [0.25, 0.3) is 0 Å². The van der Waals surface area contributed by atoms with Gasteiger partial charge in [0.2, 0.25) is 0 Å². The van der Waals surface area contributed by atoms with Gasteiger partial charge in [0, 0.05) is 50.0 Å². The van der Waals surface area contributed by atoms with Gasteiger partial charge in [-0.1, -0.05) is 42.5 Å². The number of piperazine rings is 1. The molecule has 5 heteroatoms. The molecule has 1 N–H and O–H groups in total. The van der Waals surface area contributed by atoms with Crippen LogP contribution in [0.3, 0.4) is 0 Å². The van der Waals surface area contributed by atoms with E-state index in [9.17, 15) is 0 Å². The molecular formula is C21H24ClN3O. The second kappa shape index (κ2) is 8.99. The minimum Gasteiger partial charge on any atom is -0.492 e. The zero-order valence-electron chi connectivity index (χ0n) is 14.7. The molecule has 4 nitrogen and oxygen atoms in total. The van der Waals surface area contributed by atoms with E-state index in [0.717, 1.165) is 31.9 Å². The highest BCUT2D eigenvalue weighted by molar-refractivity contribution is 5.88. The lowest BCUT2D eigenvalue weighted by Crippen LogP contribution is -2.47. The van der Waals surface area contributed by atoms with Crippen LogP contribution in [-0.4, -0.2) is 42.7 Å². The quantitative estimate of drug-likeness (QED) is 0.744. The van der Waals surface area contributed by atoms with E-state index >= 15 is 0 Å². The number of fused-ring (bicyclic) bond motifs is 1. The Hall–Kier alpha value is -2.14. The number of benzene rings is 2. The molecule has 4 rings (SSSR count). The van der Waals surface area contributed by atoms with Crippen molar-refractivity contribution < 1.29 is 4.74 Å². The highest BCUT2D eigenvalue weighted by Gasteiger charge is 2.23. The van der Waals surface area contributed by atoms with Crippen molar-refractivity contribution >= 4 is 23.2 Å². The number of pyridine rings is 1. The molecular weight excluding hydrogens is 346 g/mol. The van der Waals surface area contributed by atoms with E-state index in [1.54, 1.807) is 0 Å². The van der Waals surface area contributed by atoms with Gasteiger partial charge in [-0.05, 0) is 23.1 Å². The van der Waals surface area contributed by atoms with Gasteiger partial charge in [-0.2, -0.15) is 0 Å². The Labute approximate surface area is 160 Å². The average Bonchev–Trinajstić information content (AvgIpc) is 2.69. The Morgan fingerprint density at radius 3 is 2.85 bits per heavy atom. The summed E-state index contributed by atoms with van der Waals surface area (Å²) >= 11 is 0. The maximum atomic E-state index is 6.13.